The quantitative estimate of drug-likeness (QED) is 0.837. The predicted octanol–water partition coefficient (Wildman–Crippen LogP) is 2.89. The summed E-state index contributed by atoms with van der Waals surface area (Å²) < 4.78 is 0. The maximum Gasteiger partial charge on any atom is 0.111 e. The van der Waals surface area contributed by atoms with Crippen molar-refractivity contribution < 1.29 is 0 Å². The predicted molar refractivity (Wildman–Crippen MR) is 58.6 cm³/mol. The van der Waals surface area contributed by atoms with Gasteiger partial charge in [-0.25, -0.2) is 0 Å². The van der Waals surface area contributed by atoms with Gasteiger partial charge in [-0.2, -0.15) is 21.7 Å². The molecule has 1 aliphatic carbocycles. The first-order chi connectivity index (χ1) is 7.40. The highest BCUT2D eigenvalue weighted by molar-refractivity contribution is 7.08. The zero-order chi connectivity index (χ0) is 10.3. The van der Waals surface area contributed by atoms with Crippen LogP contribution in [-0.4, -0.2) is 10.2 Å². The molecule has 2 aromatic rings. The average molecular weight is 215 g/mol. The number of aromatic amines is 1. The van der Waals surface area contributed by atoms with Gasteiger partial charge in [-0.05, 0) is 24.3 Å². The van der Waals surface area contributed by atoms with Crippen molar-refractivity contribution in [1.82, 2.24) is 10.2 Å². The van der Waals surface area contributed by atoms with Crippen LogP contribution in [0.1, 0.15) is 30.0 Å². The van der Waals surface area contributed by atoms with Crippen LogP contribution >= 0.6 is 11.3 Å². The summed E-state index contributed by atoms with van der Waals surface area (Å²) in [7, 11) is 0. The minimum Gasteiger partial charge on any atom is -0.280 e. The molecule has 0 spiro atoms. The fourth-order valence-electron chi connectivity index (χ4n) is 1.74. The van der Waals surface area contributed by atoms with Crippen LogP contribution in [0.15, 0.2) is 16.8 Å². The Labute approximate surface area is 91.4 Å². The normalized spacial score (nSPS) is 15.1. The van der Waals surface area contributed by atoms with E-state index in [1.807, 2.05) is 16.8 Å². The summed E-state index contributed by atoms with van der Waals surface area (Å²) in [6, 6.07) is 4.26. The van der Waals surface area contributed by atoms with Crippen LogP contribution in [0.25, 0.3) is 11.3 Å². The summed E-state index contributed by atoms with van der Waals surface area (Å²) in [6.07, 6.45) is 2.36. The van der Waals surface area contributed by atoms with Gasteiger partial charge in [0.25, 0.3) is 0 Å². The molecular formula is C11H9N3S. The first-order valence-corrected chi connectivity index (χ1v) is 5.85. The molecule has 3 nitrogen and oxygen atoms in total. The third-order valence-electron chi connectivity index (χ3n) is 2.69. The lowest BCUT2D eigenvalue weighted by molar-refractivity contribution is 0.964. The molecule has 0 aliphatic heterocycles. The van der Waals surface area contributed by atoms with E-state index in [4.69, 9.17) is 5.26 Å². The highest BCUT2D eigenvalue weighted by Gasteiger charge is 2.30. The Balaban J connectivity index is 2.13. The number of nitrogens with zero attached hydrogens (tertiary/aromatic N) is 2. The first-order valence-electron chi connectivity index (χ1n) is 4.91. The highest BCUT2D eigenvalue weighted by atomic mass is 32.1. The van der Waals surface area contributed by atoms with Crippen molar-refractivity contribution in [1.29, 1.82) is 5.26 Å². The van der Waals surface area contributed by atoms with E-state index in [0.29, 0.717) is 5.92 Å². The van der Waals surface area contributed by atoms with Gasteiger partial charge < -0.3 is 0 Å². The van der Waals surface area contributed by atoms with Gasteiger partial charge in [0.05, 0.1) is 5.69 Å². The Hall–Kier alpha value is -1.60. The summed E-state index contributed by atoms with van der Waals surface area (Å²) in [5.41, 5.74) is 3.61. The van der Waals surface area contributed by atoms with Crippen LogP contribution in [-0.2, 0) is 0 Å². The topological polar surface area (TPSA) is 52.5 Å². The van der Waals surface area contributed by atoms with Crippen LogP contribution in [0, 0.1) is 11.3 Å². The Morgan fingerprint density at radius 3 is 3.00 bits per heavy atom. The molecule has 0 aromatic carbocycles. The third kappa shape index (κ3) is 1.36. The number of H-pyrrole nitrogens is 1. The molecule has 0 saturated heterocycles. The number of nitrogens with one attached hydrogen (secondary N) is 1. The number of nitriles is 1. The molecule has 2 aromatic heterocycles. The Morgan fingerprint density at radius 2 is 2.40 bits per heavy atom. The van der Waals surface area contributed by atoms with Gasteiger partial charge in [0.2, 0.25) is 0 Å². The number of hydrogen-bond donors (Lipinski definition) is 1. The molecule has 0 atom stereocenters. The lowest BCUT2D eigenvalue weighted by Gasteiger charge is -1.93. The Morgan fingerprint density at radius 1 is 1.53 bits per heavy atom. The van der Waals surface area contributed by atoms with Crippen LogP contribution in [0.2, 0.25) is 0 Å². The van der Waals surface area contributed by atoms with E-state index in [-0.39, 0.29) is 0 Å². The molecule has 1 fully saturated rings. The smallest absolute Gasteiger partial charge is 0.111 e. The molecular weight excluding hydrogens is 206 g/mol. The van der Waals surface area contributed by atoms with Gasteiger partial charge in [-0.3, -0.25) is 5.10 Å². The maximum atomic E-state index is 9.16. The van der Waals surface area contributed by atoms with E-state index < -0.39 is 0 Å². The molecule has 1 N–H and O–H groups in total. The Kier molecular flexibility index (Phi) is 1.86. The van der Waals surface area contributed by atoms with Gasteiger partial charge in [0.1, 0.15) is 17.3 Å². The zero-order valence-electron chi connectivity index (χ0n) is 8.03. The summed E-state index contributed by atoms with van der Waals surface area (Å²) in [5.74, 6) is 0.541. The van der Waals surface area contributed by atoms with E-state index in [9.17, 15) is 0 Å². The molecule has 1 saturated carbocycles. The van der Waals surface area contributed by atoms with Crippen molar-refractivity contribution in [2.75, 3.05) is 0 Å². The second-order valence-corrected chi connectivity index (χ2v) is 4.54. The lowest BCUT2D eigenvalue weighted by Crippen LogP contribution is -1.84. The van der Waals surface area contributed by atoms with E-state index in [1.165, 1.54) is 12.8 Å². The number of aromatic nitrogens is 2. The van der Waals surface area contributed by atoms with E-state index in [2.05, 4.69) is 16.3 Å². The zero-order valence-corrected chi connectivity index (χ0v) is 8.84. The molecule has 0 amide bonds. The van der Waals surface area contributed by atoms with Crippen LogP contribution in [0.5, 0.6) is 0 Å². The summed E-state index contributed by atoms with van der Waals surface area (Å²) >= 11 is 1.62. The van der Waals surface area contributed by atoms with Gasteiger partial charge in [0.15, 0.2) is 0 Å². The second kappa shape index (κ2) is 3.21. The summed E-state index contributed by atoms with van der Waals surface area (Å²) in [4.78, 5) is 0. The summed E-state index contributed by atoms with van der Waals surface area (Å²) in [5, 5.41) is 20.4. The van der Waals surface area contributed by atoms with Crippen molar-refractivity contribution >= 4 is 11.3 Å². The maximum absolute atomic E-state index is 9.16. The lowest BCUT2D eigenvalue weighted by atomic mass is 10.1. The van der Waals surface area contributed by atoms with E-state index >= 15 is 0 Å². The standard InChI is InChI=1S/C11H9N3S/c12-5-9-10(7-1-2-7)13-14-11(9)8-3-4-15-6-8/h3-4,6-7H,1-2H2,(H,13,14). The Bertz CT molecular complexity index is 515. The largest absolute Gasteiger partial charge is 0.280 e. The van der Waals surface area contributed by atoms with Gasteiger partial charge in [-0.1, -0.05) is 0 Å². The molecule has 1 aliphatic rings. The molecule has 15 heavy (non-hydrogen) atoms. The number of hydrogen-bond acceptors (Lipinski definition) is 3. The SMILES string of the molecule is N#Cc1c(-c2ccsc2)n[nH]c1C1CC1. The molecule has 74 valence electrons. The van der Waals surface area contributed by atoms with Crippen LogP contribution in [0.3, 0.4) is 0 Å². The van der Waals surface area contributed by atoms with Crippen molar-refractivity contribution in [3.63, 3.8) is 0 Å². The van der Waals surface area contributed by atoms with Crippen molar-refractivity contribution in [2.45, 2.75) is 18.8 Å². The highest BCUT2D eigenvalue weighted by Crippen LogP contribution is 2.42. The first kappa shape index (κ1) is 8.69. The van der Waals surface area contributed by atoms with Crippen molar-refractivity contribution in [3.05, 3.63) is 28.1 Å². The van der Waals surface area contributed by atoms with Crippen LogP contribution in [0.4, 0.5) is 0 Å². The average Bonchev–Trinajstić information content (AvgIpc) is 2.83. The van der Waals surface area contributed by atoms with E-state index in [1.54, 1.807) is 11.3 Å². The van der Waals surface area contributed by atoms with Gasteiger partial charge in [-0.15, -0.1) is 0 Å². The molecule has 3 rings (SSSR count). The van der Waals surface area contributed by atoms with Gasteiger partial charge in [0, 0.05) is 16.9 Å². The van der Waals surface area contributed by atoms with Crippen LogP contribution < -0.4 is 0 Å². The van der Waals surface area contributed by atoms with E-state index in [0.717, 1.165) is 22.5 Å². The fraction of sp³-hybridized carbons (Fsp3) is 0.273. The molecule has 2 heterocycles. The third-order valence-corrected chi connectivity index (χ3v) is 3.37. The van der Waals surface area contributed by atoms with Crippen molar-refractivity contribution in [3.8, 4) is 17.3 Å². The summed E-state index contributed by atoms with van der Waals surface area (Å²) in [6.45, 7) is 0. The minimum atomic E-state index is 0.541. The molecule has 0 radical (unpaired) electrons. The second-order valence-electron chi connectivity index (χ2n) is 3.76. The fourth-order valence-corrected chi connectivity index (χ4v) is 2.38. The van der Waals surface area contributed by atoms with Gasteiger partial charge >= 0.3 is 0 Å². The van der Waals surface area contributed by atoms with Crippen molar-refractivity contribution in [2.24, 2.45) is 0 Å². The number of rotatable bonds is 2. The monoisotopic (exact) mass is 215 g/mol. The minimum absolute atomic E-state index is 0.541. The number of thiophene rings is 1. The molecule has 0 bridgehead atoms. The molecule has 4 heteroatoms. The molecule has 0 unspecified atom stereocenters.